The molecule has 3 rings (SSSR count). The lowest BCUT2D eigenvalue weighted by Gasteiger charge is -2.05. The van der Waals surface area contributed by atoms with Crippen molar-refractivity contribution in [1.29, 1.82) is 5.26 Å². The van der Waals surface area contributed by atoms with Crippen molar-refractivity contribution in [3.63, 3.8) is 0 Å². The molecule has 2 heterocycles. The summed E-state index contributed by atoms with van der Waals surface area (Å²) < 4.78 is 15.1. The topological polar surface area (TPSA) is 97.6 Å². The maximum Gasteiger partial charge on any atom is 0.268 e. The molecular formula is C14H7ClFN5O. The lowest BCUT2D eigenvalue weighted by molar-refractivity contribution is 0.0997. The molecule has 0 spiro atoms. The zero-order valence-corrected chi connectivity index (χ0v) is 11.7. The van der Waals surface area contributed by atoms with Crippen LogP contribution in [0.25, 0.3) is 16.6 Å². The molecule has 2 aromatic heterocycles. The van der Waals surface area contributed by atoms with Crippen LogP contribution in [0.4, 0.5) is 4.39 Å². The number of para-hydroxylation sites is 1. The number of amides is 1. The molecule has 8 heteroatoms. The summed E-state index contributed by atoms with van der Waals surface area (Å²) in [7, 11) is 0. The number of pyridine rings is 1. The fraction of sp³-hybridized carbons (Fsp3) is 0. The highest BCUT2D eigenvalue weighted by atomic mass is 35.5. The van der Waals surface area contributed by atoms with Gasteiger partial charge in [-0.1, -0.05) is 17.7 Å². The maximum absolute atomic E-state index is 13.9. The van der Waals surface area contributed by atoms with Gasteiger partial charge in [0.25, 0.3) is 5.91 Å². The van der Waals surface area contributed by atoms with Crippen LogP contribution in [0.15, 0.2) is 30.6 Å². The highest BCUT2D eigenvalue weighted by molar-refractivity contribution is 6.32. The summed E-state index contributed by atoms with van der Waals surface area (Å²) in [5.41, 5.74) is 5.59. The van der Waals surface area contributed by atoms with Gasteiger partial charge in [0.2, 0.25) is 0 Å². The number of nitrogens with two attached hydrogens (primary N) is 1. The van der Waals surface area contributed by atoms with Gasteiger partial charge in [-0.15, -0.1) is 0 Å². The Bertz CT molecular complexity index is 960. The first-order valence-electron chi connectivity index (χ1n) is 6.05. The average molecular weight is 316 g/mol. The van der Waals surface area contributed by atoms with E-state index < -0.39 is 11.7 Å². The van der Waals surface area contributed by atoms with Gasteiger partial charge in [-0.25, -0.2) is 14.1 Å². The van der Waals surface area contributed by atoms with Gasteiger partial charge < -0.3 is 5.73 Å². The Kier molecular flexibility index (Phi) is 3.23. The molecule has 0 unspecified atom stereocenters. The van der Waals surface area contributed by atoms with Gasteiger partial charge in [-0.05, 0) is 12.1 Å². The molecule has 0 radical (unpaired) electrons. The van der Waals surface area contributed by atoms with Crippen molar-refractivity contribution in [1.82, 2.24) is 14.8 Å². The van der Waals surface area contributed by atoms with E-state index in [1.165, 1.54) is 10.9 Å². The van der Waals surface area contributed by atoms with Crippen molar-refractivity contribution >= 4 is 28.4 Å². The van der Waals surface area contributed by atoms with Gasteiger partial charge in [-0.2, -0.15) is 10.4 Å². The molecule has 1 amide bonds. The van der Waals surface area contributed by atoms with E-state index in [9.17, 15) is 9.18 Å². The molecule has 1 aromatic carbocycles. The summed E-state index contributed by atoms with van der Waals surface area (Å²) in [6.45, 7) is 0. The third kappa shape index (κ3) is 2.06. The predicted molar refractivity (Wildman–Crippen MR) is 77.1 cm³/mol. The standard InChI is InChI=1S/C14H7ClFN5O/c15-9-3-1-2-7(4-17)13(9)21-6-8-11(20-21)10(16)5-19-12(8)14(18)22/h1-3,5-6H,(H2,18,22). The molecule has 3 aromatic rings. The number of carbonyl (C=O) groups is 1. The van der Waals surface area contributed by atoms with Crippen LogP contribution in [0.1, 0.15) is 16.1 Å². The molecule has 0 aliphatic rings. The van der Waals surface area contributed by atoms with E-state index in [4.69, 9.17) is 22.6 Å². The molecule has 0 atom stereocenters. The van der Waals surface area contributed by atoms with E-state index in [0.29, 0.717) is 0 Å². The van der Waals surface area contributed by atoms with Gasteiger partial charge in [0, 0.05) is 6.20 Å². The number of hydrogen-bond acceptors (Lipinski definition) is 4. The Morgan fingerprint density at radius 2 is 2.23 bits per heavy atom. The molecule has 0 saturated heterocycles. The molecular weight excluding hydrogens is 309 g/mol. The molecule has 0 bridgehead atoms. The Labute approximate surface area is 128 Å². The summed E-state index contributed by atoms with van der Waals surface area (Å²) in [6, 6.07) is 6.73. The van der Waals surface area contributed by atoms with E-state index >= 15 is 0 Å². The number of fused-ring (bicyclic) bond motifs is 1. The molecule has 22 heavy (non-hydrogen) atoms. The maximum atomic E-state index is 13.9. The fourth-order valence-electron chi connectivity index (χ4n) is 2.12. The zero-order valence-electron chi connectivity index (χ0n) is 10.9. The first kappa shape index (κ1) is 14.0. The number of nitrogens with zero attached hydrogens (tertiary/aromatic N) is 4. The summed E-state index contributed by atoms with van der Waals surface area (Å²) in [5, 5.41) is 13.6. The Morgan fingerprint density at radius 3 is 2.91 bits per heavy atom. The largest absolute Gasteiger partial charge is 0.364 e. The Balaban J connectivity index is 2.36. The van der Waals surface area contributed by atoms with Crippen molar-refractivity contribution in [3.05, 3.63) is 52.7 Å². The third-order valence-corrected chi connectivity index (χ3v) is 3.38. The highest BCUT2D eigenvalue weighted by Gasteiger charge is 2.18. The van der Waals surface area contributed by atoms with E-state index in [0.717, 1.165) is 6.20 Å². The minimum absolute atomic E-state index is 0.0763. The molecule has 2 N–H and O–H groups in total. The van der Waals surface area contributed by atoms with Gasteiger partial charge >= 0.3 is 0 Å². The van der Waals surface area contributed by atoms with E-state index in [2.05, 4.69) is 10.1 Å². The van der Waals surface area contributed by atoms with Crippen LogP contribution >= 0.6 is 11.6 Å². The minimum atomic E-state index is -0.802. The Hall–Kier alpha value is -2.98. The number of nitriles is 1. The van der Waals surface area contributed by atoms with Crippen molar-refractivity contribution in [2.45, 2.75) is 0 Å². The molecule has 0 aliphatic heterocycles. The van der Waals surface area contributed by atoms with E-state index in [1.54, 1.807) is 18.2 Å². The smallest absolute Gasteiger partial charge is 0.268 e. The van der Waals surface area contributed by atoms with Gasteiger partial charge in [0.1, 0.15) is 23.0 Å². The molecule has 0 aliphatic carbocycles. The number of hydrogen-bond donors (Lipinski definition) is 1. The van der Waals surface area contributed by atoms with E-state index in [1.807, 2.05) is 6.07 Å². The number of benzene rings is 1. The van der Waals surface area contributed by atoms with Crippen LogP contribution in [-0.4, -0.2) is 20.7 Å². The SMILES string of the molecule is N#Cc1cccc(Cl)c1-n1cc2c(C(N)=O)ncc(F)c2n1. The summed E-state index contributed by atoms with van der Waals surface area (Å²) in [4.78, 5) is 15.1. The number of rotatable bonds is 2. The van der Waals surface area contributed by atoms with Crippen LogP contribution in [0.5, 0.6) is 0 Å². The van der Waals surface area contributed by atoms with Gasteiger partial charge in [0.05, 0.1) is 22.2 Å². The van der Waals surface area contributed by atoms with E-state index in [-0.39, 0.29) is 32.9 Å². The van der Waals surface area contributed by atoms with Crippen LogP contribution in [0.3, 0.4) is 0 Å². The quantitative estimate of drug-likeness (QED) is 0.783. The zero-order chi connectivity index (χ0) is 15.9. The first-order chi connectivity index (χ1) is 10.5. The summed E-state index contributed by atoms with van der Waals surface area (Å²) >= 11 is 6.10. The van der Waals surface area contributed by atoms with Crippen LogP contribution < -0.4 is 5.73 Å². The molecule has 0 saturated carbocycles. The number of carbonyl (C=O) groups excluding carboxylic acids is 1. The second-order valence-corrected chi connectivity index (χ2v) is 4.81. The monoisotopic (exact) mass is 315 g/mol. The van der Waals surface area contributed by atoms with Gasteiger partial charge in [-0.3, -0.25) is 4.79 Å². The predicted octanol–water partition coefficient (Wildman–Crippen LogP) is 2.18. The fourth-order valence-corrected chi connectivity index (χ4v) is 2.39. The average Bonchev–Trinajstić information content (AvgIpc) is 2.92. The van der Waals surface area contributed by atoms with Crippen molar-refractivity contribution in [2.75, 3.05) is 0 Å². The number of halogens is 2. The second-order valence-electron chi connectivity index (χ2n) is 4.40. The number of primary amides is 1. The normalized spacial score (nSPS) is 10.6. The molecule has 108 valence electrons. The lowest BCUT2D eigenvalue weighted by atomic mass is 10.2. The van der Waals surface area contributed by atoms with Crippen molar-refractivity contribution < 1.29 is 9.18 Å². The summed E-state index contributed by atoms with van der Waals surface area (Å²) in [6.07, 6.45) is 2.24. The Morgan fingerprint density at radius 1 is 1.45 bits per heavy atom. The summed E-state index contributed by atoms with van der Waals surface area (Å²) in [5.74, 6) is -1.51. The lowest BCUT2D eigenvalue weighted by Crippen LogP contribution is -2.13. The second kappa shape index (κ2) is 5.09. The number of aromatic nitrogens is 3. The van der Waals surface area contributed by atoms with Crippen LogP contribution in [0, 0.1) is 17.1 Å². The third-order valence-electron chi connectivity index (χ3n) is 3.07. The first-order valence-corrected chi connectivity index (χ1v) is 6.43. The minimum Gasteiger partial charge on any atom is -0.364 e. The van der Waals surface area contributed by atoms with Crippen LogP contribution in [0.2, 0.25) is 5.02 Å². The molecule has 6 nitrogen and oxygen atoms in total. The highest BCUT2D eigenvalue weighted by Crippen LogP contribution is 2.27. The van der Waals surface area contributed by atoms with Crippen LogP contribution in [-0.2, 0) is 0 Å². The molecule has 0 fully saturated rings. The van der Waals surface area contributed by atoms with Crippen molar-refractivity contribution in [3.8, 4) is 11.8 Å². The van der Waals surface area contributed by atoms with Crippen molar-refractivity contribution in [2.24, 2.45) is 5.73 Å². The van der Waals surface area contributed by atoms with Gasteiger partial charge in [0.15, 0.2) is 5.82 Å².